The minimum atomic E-state index is -1.31. The first-order chi connectivity index (χ1) is 12.4. The van der Waals surface area contributed by atoms with E-state index in [9.17, 15) is 14.7 Å². The highest BCUT2D eigenvalue weighted by Gasteiger charge is 2.37. The van der Waals surface area contributed by atoms with Gasteiger partial charge in [-0.05, 0) is 42.2 Å². The molecule has 1 fully saturated rings. The summed E-state index contributed by atoms with van der Waals surface area (Å²) in [6.45, 7) is 0. The van der Waals surface area contributed by atoms with Crippen LogP contribution >= 0.6 is 35.7 Å². The van der Waals surface area contributed by atoms with Crippen LogP contribution in [0.25, 0.3) is 6.08 Å². The van der Waals surface area contributed by atoms with Gasteiger partial charge in [-0.15, -0.1) is 0 Å². The van der Waals surface area contributed by atoms with Gasteiger partial charge < -0.3 is 19.4 Å². The highest BCUT2D eigenvalue weighted by Crippen LogP contribution is 2.35. The maximum atomic E-state index is 12.7. The molecule has 0 N–H and O–H groups in total. The standard InChI is InChI=1S/C17H19NO5S3/c1-22-11-6-10(7-12(9-11)23-2)8-14-15(19)18(17(24)26-14)13(16(20)21)4-5-25-3/h6-9,13H,4-5H2,1-3H3,(H,20,21)/p-1/b14-8-/t13-/m0/s1. The number of benzene rings is 1. The molecular formula is C17H18NO5S3-. The number of methoxy groups -OCH3 is 2. The summed E-state index contributed by atoms with van der Waals surface area (Å²) in [7, 11) is 3.07. The van der Waals surface area contributed by atoms with E-state index in [1.807, 2.05) is 6.26 Å². The molecule has 0 aliphatic carbocycles. The van der Waals surface area contributed by atoms with Crippen LogP contribution in [0.5, 0.6) is 11.5 Å². The predicted octanol–water partition coefficient (Wildman–Crippen LogP) is 1.78. The number of thiocarbonyl (C=S) groups is 1. The first-order valence-corrected chi connectivity index (χ1v) is 10.2. The van der Waals surface area contributed by atoms with Crippen molar-refractivity contribution in [2.75, 3.05) is 26.2 Å². The number of amides is 1. The summed E-state index contributed by atoms with van der Waals surface area (Å²) in [6.07, 6.45) is 3.79. The largest absolute Gasteiger partial charge is 0.548 e. The van der Waals surface area contributed by atoms with E-state index in [0.29, 0.717) is 27.7 Å². The molecule has 26 heavy (non-hydrogen) atoms. The molecule has 0 bridgehead atoms. The summed E-state index contributed by atoms with van der Waals surface area (Å²) in [5, 5.41) is 11.5. The second-order valence-electron chi connectivity index (χ2n) is 5.31. The molecule has 1 aromatic carbocycles. The molecule has 1 amide bonds. The molecule has 1 atom stereocenters. The third-order valence-electron chi connectivity index (χ3n) is 3.67. The van der Waals surface area contributed by atoms with Gasteiger partial charge in [-0.2, -0.15) is 11.8 Å². The van der Waals surface area contributed by atoms with E-state index >= 15 is 0 Å². The number of aliphatic carboxylic acids is 1. The van der Waals surface area contributed by atoms with Crippen LogP contribution in [0.2, 0.25) is 0 Å². The Morgan fingerprint density at radius 1 is 1.35 bits per heavy atom. The van der Waals surface area contributed by atoms with Crippen molar-refractivity contribution < 1.29 is 24.2 Å². The van der Waals surface area contributed by atoms with E-state index < -0.39 is 17.9 Å². The van der Waals surface area contributed by atoms with Crippen LogP contribution in [0, 0.1) is 0 Å². The molecule has 1 aromatic rings. The lowest BCUT2D eigenvalue weighted by atomic mass is 10.1. The van der Waals surface area contributed by atoms with Crippen LogP contribution in [0.4, 0.5) is 0 Å². The van der Waals surface area contributed by atoms with Gasteiger partial charge in [0, 0.05) is 6.07 Å². The van der Waals surface area contributed by atoms with E-state index in [4.69, 9.17) is 21.7 Å². The topological polar surface area (TPSA) is 78.9 Å². The average molecular weight is 413 g/mol. The molecule has 0 spiro atoms. The summed E-state index contributed by atoms with van der Waals surface area (Å²) in [5.74, 6) is 0.0102. The van der Waals surface area contributed by atoms with Crippen molar-refractivity contribution in [1.29, 1.82) is 0 Å². The minimum Gasteiger partial charge on any atom is -0.548 e. The van der Waals surface area contributed by atoms with Crippen LogP contribution in [-0.4, -0.2) is 53.4 Å². The predicted molar refractivity (Wildman–Crippen MR) is 106 cm³/mol. The van der Waals surface area contributed by atoms with Gasteiger partial charge in [0.05, 0.1) is 31.1 Å². The minimum absolute atomic E-state index is 0.214. The molecule has 0 aromatic heterocycles. The Hall–Kier alpha value is -1.71. The number of carbonyl (C=O) groups is 2. The van der Waals surface area contributed by atoms with Gasteiger partial charge in [-0.3, -0.25) is 9.69 Å². The Kier molecular flexibility index (Phi) is 7.36. The first-order valence-electron chi connectivity index (χ1n) is 7.61. The zero-order valence-corrected chi connectivity index (χ0v) is 17.0. The SMILES string of the molecule is COc1cc(/C=C2\SC(=S)N([C@@H](CCSC)C(=O)[O-])C2=O)cc(OC)c1. The third-order valence-corrected chi connectivity index (χ3v) is 5.65. The number of nitrogens with zero attached hydrogens (tertiary/aromatic N) is 1. The Bertz CT molecular complexity index is 728. The summed E-state index contributed by atoms with van der Waals surface area (Å²) < 4.78 is 10.7. The lowest BCUT2D eigenvalue weighted by Gasteiger charge is -2.27. The fraction of sp³-hybridized carbons (Fsp3) is 0.353. The van der Waals surface area contributed by atoms with E-state index in [-0.39, 0.29) is 10.7 Å². The molecule has 9 heteroatoms. The molecule has 1 saturated heterocycles. The van der Waals surface area contributed by atoms with Gasteiger partial charge in [-0.1, -0.05) is 24.0 Å². The second-order valence-corrected chi connectivity index (χ2v) is 7.98. The van der Waals surface area contributed by atoms with Crippen molar-refractivity contribution in [2.45, 2.75) is 12.5 Å². The monoisotopic (exact) mass is 412 g/mol. The Morgan fingerprint density at radius 3 is 2.46 bits per heavy atom. The van der Waals surface area contributed by atoms with Gasteiger partial charge >= 0.3 is 0 Å². The van der Waals surface area contributed by atoms with Crippen molar-refractivity contribution in [3.8, 4) is 11.5 Å². The van der Waals surface area contributed by atoms with Crippen LogP contribution in [0.3, 0.4) is 0 Å². The van der Waals surface area contributed by atoms with Gasteiger partial charge in [0.2, 0.25) is 0 Å². The fourth-order valence-electron chi connectivity index (χ4n) is 2.39. The van der Waals surface area contributed by atoms with Gasteiger partial charge in [0.1, 0.15) is 15.8 Å². The fourth-order valence-corrected chi connectivity index (χ4v) is 4.21. The van der Waals surface area contributed by atoms with Gasteiger partial charge in [0.15, 0.2) is 0 Å². The zero-order chi connectivity index (χ0) is 19.3. The molecule has 0 saturated carbocycles. The summed E-state index contributed by atoms with van der Waals surface area (Å²) in [5.41, 5.74) is 0.691. The number of carboxylic acid groups (broad SMARTS) is 1. The summed E-state index contributed by atoms with van der Waals surface area (Å²) in [4.78, 5) is 25.7. The molecule has 6 nitrogen and oxygen atoms in total. The quantitative estimate of drug-likeness (QED) is 0.472. The Labute approximate surface area is 165 Å². The highest BCUT2D eigenvalue weighted by molar-refractivity contribution is 8.26. The zero-order valence-electron chi connectivity index (χ0n) is 14.5. The van der Waals surface area contributed by atoms with Crippen LogP contribution < -0.4 is 14.6 Å². The van der Waals surface area contributed by atoms with Crippen molar-refractivity contribution in [2.24, 2.45) is 0 Å². The molecule has 1 aliphatic heterocycles. The van der Waals surface area contributed by atoms with Crippen LogP contribution in [0.1, 0.15) is 12.0 Å². The number of hydrogen-bond acceptors (Lipinski definition) is 8. The number of carboxylic acids is 1. The van der Waals surface area contributed by atoms with Gasteiger partial charge in [0.25, 0.3) is 5.91 Å². The molecule has 0 radical (unpaired) electrons. The van der Waals surface area contributed by atoms with Crippen LogP contribution in [0.15, 0.2) is 23.1 Å². The maximum absolute atomic E-state index is 12.7. The van der Waals surface area contributed by atoms with Crippen molar-refractivity contribution in [1.82, 2.24) is 4.90 Å². The summed E-state index contributed by atoms with van der Waals surface area (Å²) >= 11 is 7.80. The normalized spacial score (nSPS) is 16.9. The van der Waals surface area contributed by atoms with Crippen LogP contribution in [-0.2, 0) is 9.59 Å². The number of carbonyl (C=O) groups excluding carboxylic acids is 2. The average Bonchev–Trinajstić information content (AvgIpc) is 2.89. The number of ether oxygens (including phenoxy) is 2. The maximum Gasteiger partial charge on any atom is 0.266 e. The van der Waals surface area contributed by atoms with E-state index in [0.717, 1.165) is 16.7 Å². The Morgan fingerprint density at radius 2 is 1.96 bits per heavy atom. The number of hydrogen-bond donors (Lipinski definition) is 0. The number of thioether (sulfide) groups is 2. The Balaban J connectivity index is 2.32. The van der Waals surface area contributed by atoms with E-state index in [2.05, 4.69) is 0 Å². The number of rotatable bonds is 8. The molecular weight excluding hydrogens is 394 g/mol. The third kappa shape index (κ3) is 4.72. The van der Waals surface area contributed by atoms with E-state index in [1.54, 1.807) is 24.3 Å². The van der Waals surface area contributed by atoms with Crippen molar-refractivity contribution in [3.63, 3.8) is 0 Å². The van der Waals surface area contributed by atoms with Gasteiger partial charge in [-0.25, -0.2) is 0 Å². The second kappa shape index (κ2) is 9.29. The molecule has 1 heterocycles. The van der Waals surface area contributed by atoms with Crippen molar-refractivity contribution >= 4 is 58.0 Å². The molecule has 140 valence electrons. The lowest BCUT2D eigenvalue weighted by Crippen LogP contribution is -2.50. The summed E-state index contributed by atoms with van der Waals surface area (Å²) in [6, 6.07) is 4.15. The smallest absolute Gasteiger partial charge is 0.266 e. The van der Waals surface area contributed by atoms with E-state index in [1.165, 1.54) is 26.0 Å². The lowest BCUT2D eigenvalue weighted by molar-refractivity contribution is -0.310. The molecule has 1 aliphatic rings. The first kappa shape index (κ1) is 20.6. The van der Waals surface area contributed by atoms with Crippen molar-refractivity contribution in [3.05, 3.63) is 28.7 Å². The molecule has 0 unspecified atom stereocenters. The highest BCUT2D eigenvalue weighted by atomic mass is 32.2. The molecule has 2 rings (SSSR count).